The highest BCUT2D eigenvalue weighted by atomic mass is 16.3. The zero-order valence-electron chi connectivity index (χ0n) is 15.0. The normalized spacial score (nSPS) is 10.9. The molecule has 0 aliphatic rings. The van der Waals surface area contributed by atoms with E-state index in [-0.39, 0.29) is 11.3 Å². The van der Waals surface area contributed by atoms with Crippen LogP contribution in [-0.2, 0) is 11.2 Å². The molecule has 0 saturated carbocycles. The van der Waals surface area contributed by atoms with Gasteiger partial charge in [-0.2, -0.15) is 5.26 Å². The molecule has 2 aromatic carbocycles. The number of anilines is 2. The van der Waals surface area contributed by atoms with Crippen LogP contribution in [0, 0.1) is 18.3 Å². The molecule has 2 aromatic rings. The van der Waals surface area contributed by atoms with E-state index in [1.54, 1.807) is 19.1 Å². The van der Waals surface area contributed by atoms with E-state index in [1.807, 2.05) is 30.3 Å². The van der Waals surface area contributed by atoms with Gasteiger partial charge in [-0.3, -0.25) is 4.79 Å². The van der Waals surface area contributed by atoms with Crippen molar-refractivity contribution in [1.82, 2.24) is 0 Å². The second-order valence-corrected chi connectivity index (χ2v) is 6.07. The molecule has 2 rings (SSSR count). The minimum Gasteiger partial charge on any atom is -0.508 e. The number of aryl methyl sites for hydroxylation is 2. The molecular weight excluding hydrogens is 326 g/mol. The highest BCUT2D eigenvalue weighted by Gasteiger charge is 2.11. The van der Waals surface area contributed by atoms with Gasteiger partial charge in [0.2, 0.25) is 0 Å². The minimum absolute atomic E-state index is 0.0347. The van der Waals surface area contributed by atoms with Crippen LogP contribution in [0.15, 0.2) is 54.2 Å². The molecule has 26 heavy (non-hydrogen) atoms. The van der Waals surface area contributed by atoms with Gasteiger partial charge in [-0.25, -0.2) is 0 Å². The lowest BCUT2D eigenvalue weighted by atomic mass is 10.1. The average molecular weight is 349 g/mol. The van der Waals surface area contributed by atoms with E-state index in [0.29, 0.717) is 11.3 Å². The standard InChI is InChI=1S/C21H23N3O2/c1-3-4-5-16-6-8-18(9-7-16)23-14-17(13-22)21(26)24-20-11-10-19(25)12-15(20)2/h6-12,14,23,25H,3-5H2,1-2H3,(H,24,26)/b17-14-. The van der Waals surface area contributed by atoms with Crippen molar-refractivity contribution in [3.05, 3.63) is 65.4 Å². The maximum atomic E-state index is 12.3. The molecule has 3 N–H and O–H groups in total. The molecule has 0 spiro atoms. The third kappa shape index (κ3) is 5.38. The van der Waals surface area contributed by atoms with Crippen molar-refractivity contribution in [3.63, 3.8) is 0 Å². The highest BCUT2D eigenvalue weighted by molar-refractivity contribution is 6.07. The summed E-state index contributed by atoms with van der Waals surface area (Å²) in [5.74, 6) is -0.381. The number of hydrogen-bond acceptors (Lipinski definition) is 4. The Kier molecular flexibility index (Phi) is 6.81. The van der Waals surface area contributed by atoms with Crippen LogP contribution in [0.4, 0.5) is 11.4 Å². The fourth-order valence-electron chi connectivity index (χ4n) is 2.43. The van der Waals surface area contributed by atoms with Crippen molar-refractivity contribution < 1.29 is 9.90 Å². The summed E-state index contributed by atoms with van der Waals surface area (Å²) >= 11 is 0. The number of rotatable bonds is 7. The van der Waals surface area contributed by atoms with E-state index in [2.05, 4.69) is 17.6 Å². The zero-order chi connectivity index (χ0) is 18.9. The molecule has 0 unspecified atom stereocenters. The van der Waals surface area contributed by atoms with Crippen LogP contribution < -0.4 is 10.6 Å². The number of unbranched alkanes of at least 4 members (excludes halogenated alkanes) is 1. The predicted molar refractivity (Wildman–Crippen MR) is 104 cm³/mol. The first-order valence-electron chi connectivity index (χ1n) is 8.60. The van der Waals surface area contributed by atoms with E-state index in [1.165, 1.54) is 17.8 Å². The molecule has 1 amide bonds. The molecule has 0 radical (unpaired) electrons. The van der Waals surface area contributed by atoms with Crippen molar-refractivity contribution in [2.75, 3.05) is 10.6 Å². The maximum absolute atomic E-state index is 12.3. The maximum Gasteiger partial charge on any atom is 0.267 e. The fraction of sp³-hybridized carbons (Fsp3) is 0.238. The molecule has 0 heterocycles. The van der Waals surface area contributed by atoms with Gasteiger partial charge in [0, 0.05) is 17.6 Å². The Hall–Kier alpha value is -3.26. The van der Waals surface area contributed by atoms with Crippen LogP contribution in [0.25, 0.3) is 0 Å². The van der Waals surface area contributed by atoms with Gasteiger partial charge >= 0.3 is 0 Å². The quantitative estimate of drug-likeness (QED) is 0.390. The lowest BCUT2D eigenvalue weighted by Gasteiger charge is -2.08. The first-order valence-corrected chi connectivity index (χ1v) is 8.60. The molecule has 5 nitrogen and oxygen atoms in total. The van der Waals surface area contributed by atoms with Gasteiger partial charge in [-0.05, 0) is 61.2 Å². The molecule has 0 saturated heterocycles. The fourth-order valence-corrected chi connectivity index (χ4v) is 2.43. The van der Waals surface area contributed by atoms with Gasteiger partial charge in [-0.15, -0.1) is 0 Å². The predicted octanol–water partition coefficient (Wildman–Crippen LogP) is 4.50. The summed E-state index contributed by atoms with van der Waals surface area (Å²) in [4.78, 5) is 12.3. The van der Waals surface area contributed by atoms with Gasteiger partial charge in [0.15, 0.2) is 0 Å². The first kappa shape index (κ1) is 19.1. The molecule has 0 fully saturated rings. The average Bonchev–Trinajstić information content (AvgIpc) is 2.64. The molecule has 134 valence electrons. The molecule has 0 bridgehead atoms. The Morgan fingerprint density at radius 2 is 1.96 bits per heavy atom. The number of aromatic hydroxyl groups is 1. The van der Waals surface area contributed by atoms with E-state index in [0.717, 1.165) is 24.9 Å². The number of nitrogens with zero attached hydrogens (tertiary/aromatic N) is 1. The molecular formula is C21H23N3O2. The largest absolute Gasteiger partial charge is 0.508 e. The Balaban J connectivity index is 2.02. The number of nitriles is 1. The first-order chi connectivity index (χ1) is 12.5. The Morgan fingerprint density at radius 3 is 2.58 bits per heavy atom. The topological polar surface area (TPSA) is 85.2 Å². The van der Waals surface area contributed by atoms with Crippen LogP contribution in [0.3, 0.4) is 0 Å². The van der Waals surface area contributed by atoms with Crippen molar-refractivity contribution in [3.8, 4) is 11.8 Å². The molecule has 0 atom stereocenters. The number of carbonyl (C=O) groups is 1. The zero-order valence-corrected chi connectivity index (χ0v) is 15.0. The highest BCUT2D eigenvalue weighted by Crippen LogP contribution is 2.20. The van der Waals surface area contributed by atoms with E-state index < -0.39 is 5.91 Å². The summed E-state index contributed by atoms with van der Waals surface area (Å²) < 4.78 is 0. The Morgan fingerprint density at radius 1 is 1.23 bits per heavy atom. The second kappa shape index (κ2) is 9.28. The van der Waals surface area contributed by atoms with Crippen molar-refractivity contribution in [1.29, 1.82) is 5.26 Å². The smallest absolute Gasteiger partial charge is 0.267 e. The third-order valence-corrected chi connectivity index (χ3v) is 3.98. The summed E-state index contributed by atoms with van der Waals surface area (Å²) in [6.07, 6.45) is 4.75. The number of phenolic OH excluding ortho intramolecular Hbond substituents is 1. The van der Waals surface area contributed by atoms with Crippen molar-refractivity contribution in [2.45, 2.75) is 33.1 Å². The number of hydrogen-bond donors (Lipinski definition) is 3. The SMILES string of the molecule is CCCCc1ccc(N/C=C(/C#N)C(=O)Nc2ccc(O)cc2C)cc1. The number of phenols is 1. The lowest BCUT2D eigenvalue weighted by molar-refractivity contribution is -0.112. The van der Waals surface area contributed by atoms with E-state index in [4.69, 9.17) is 0 Å². The van der Waals surface area contributed by atoms with Crippen LogP contribution in [0.1, 0.15) is 30.9 Å². The Bertz CT molecular complexity index is 833. The van der Waals surface area contributed by atoms with E-state index in [9.17, 15) is 15.2 Å². The summed E-state index contributed by atoms with van der Waals surface area (Å²) in [6.45, 7) is 3.93. The third-order valence-electron chi connectivity index (χ3n) is 3.98. The van der Waals surface area contributed by atoms with Crippen LogP contribution in [-0.4, -0.2) is 11.0 Å². The summed E-state index contributed by atoms with van der Waals surface area (Å²) in [5, 5.41) is 24.3. The van der Waals surface area contributed by atoms with Gasteiger partial charge in [-0.1, -0.05) is 25.5 Å². The lowest BCUT2D eigenvalue weighted by Crippen LogP contribution is -2.15. The van der Waals surface area contributed by atoms with Crippen molar-refractivity contribution >= 4 is 17.3 Å². The van der Waals surface area contributed by atoms with Crippen LogP contribution >= 0.6 is 0 Å². The number of benzene rings is 2. The monoisotopic (exact) mass is 349 g/mol. The number of amides is 1. The van der Waals surface area contributed by atoms with Crippen LogP contribution in [0.2, 0.25) is 0 Å². The summed E-state index contributed by atoms with van der Waals surface area (Å²) in [7, 11) is 0. The minimum atomic E-state index is -0.506. The van der Waals surface area contributed by atoms with Gasteiger partial charge in [0.25, 0.3) is 5.91 Å². The van der Waals surface area contributed by atoms with Crippen LogP contribution in [0.5, 0.6) is 5.75 Å². The van der Waals surface area contributed by atoms with Gasteiger partial charge in [0.05, 0.1) is 0 Å². The molecule has 0 aromatic heterocycles. The van der Waals surface area contributed by atoms with E-state index >= 15 is 0 Å². The molecule has 0 aliphatic heterocycles. The number of nitrogens with one attached hydrogen (secondary N) is 2. The van der Waals surface area contributed by atoms with Crippen molar-refractivity contribution in [2.24, 2.45) is 0 Å². The van der Waals surface area contributed by atoms with Gasteiger partial charge in [0.1, 0.15) is 17.4 Å². The molecule has 5 heteroatoms. The number of carbonyl (C=O) groups excluding carboxylic acids is 1. The second-order valence-electron chi connectivity index (χ2n) is 6.07. The van der Waals surface area contributed by atoms with Gasteiger partial charge < -0.3 is 15.7 Å². The summed E-state index contributed by atoms with van der Waals surface area (Å²) in [5.41, 5.74) is 3.31. The molecule has 0 aliphatic carbocycles. The summed E-state index contributed by atoms with van der Waals surface area (Å²) in [6, 6.07) is 14.5. The Labute approximate surface area is 154 Å².